The Bertz CT molecular complexity index is 662. The molecule has 0 radical (unpaired) electrons. The molecule has 2 rings (SSSR count). The van der Waals surface area contributed by atoms with Crippen molar-refractivity contribution >= 4 is 17.3 Å². The Morgan fingerprint density at radius 1 is 0.750 bits per heavy atom. The van der Waals surface area contributed by atoms with Crippen molar-refractivity contribution in [3.8, 4) is 0 Å². The lowest BCUT2D eigenvalue weighted by atomic mass is 10.2. The van der Waals surface area contributed by atoms with E-state index in [9.17, 15) is 22.0 Å². The van der Waals surface area contributed by atoms with Gasteiger partial charge in [-0.05, 0) is 0 Å². The molecule has 0 bridgehead atoms. The maximum absolute atomic E-state index is 13.4. The quantitative estimate of drug-likeness (QED) is 0.352. The zero-order valence-corrected chi connectivity index (χ0v) is 9.65. The number of nitrogens with two attached hydrogens (primary N) is 1. The second-order valence-corrected chi connectivity index (χ2v) is 3.66. The van der Waals surface area contributed by atoms with Crippen LogP contribution in [0.2, 0.25) is 0 Å². The Kier molecular flexibility index (Phi) is 3.70. The molecule has 4 nitrogen and oxygen atoms in total. The van der Waals surface area contributed by atoms with E-state index in [2.05, 4.69) is 10.3 Å². The van der Waals surface area contributed by atoms with E-state index in [1.54, 1.807) is 0 Å². The number of anilines is 3. The maximum Gasteiger partial charge on any atom is 0.178 e. The lowest BCUT2D eigenvalue weighted by molar-refractivity contribution is 0.496. The number of benzene rings is 1. The van der Waals surface area contributed by atoms with Gasteiger partial charge in [0.25, 0.3) is 0 Å². The van der Waals surface area contributed by atoms with E-state index in [1.165, 1.54) is 0 Å². The Hall–Kier alpha value is -2.42. The molecule has 4 N–H and O–H groups in total. The zero-order valence-electron chi connectivity index (χ0n) is 9.65. The molecule has 0 spiro atoms. The molecule has 0 atom stereocenters. The van der Waals surface area contributed by atoms with Gasteiger partial charge < -0.3 is 10.7 Å². The molecular weight excluding hydrogens is 283 g/mol. The van der Waals surface area contributed by atoms with E-state index < -0.39 is 46.4 Å². The first-order valence-corrected chi connectivity index (χ1v) is 5.16. The van der Waals surface area contributed by atoms with Crippen molar-refractivity contribution in [2.75, 3.05) is 10.7 Å². The first kappa shape index (κ1) is 14.0. The number of nitrogens with zero attached hydrogens (tertiary/aromatic N) is 1. The molecule has 106 valence electrons. The highest BCUT2D eigenvalue weighted by molar-refractivity contribution is 5.59. The van der Waals surface area contributed by atoms with Crippen molar-refractivity contribution in [2.24, 2.45) is 5.84 Å². The molecule has 0 aliphatic heterocycles. The number of halogens is 5. The number of hydrogen-bond acceptors (Lipinski definition) is 4. The lowest BCUT2D eigenvalue weighted by Gasteiger charge is -2.10. The highest BCUT2D eigenvalue weighted by atomic mass is 19.2. The van der Waals surface area contributed by atoms with Gasteiger partial charge >= 0.3 is 0 Å². The number of pyridine rings is 1. The highest BCUT2D eigenvalue weighted by Gasteiger charge is 2.15. The SMILES string of the molecule is NNc1nc(Nc2cc(F)c(F)cc2F)c(F)cc1F. The molecule has 0 saturated heterocycles. The van der Waals surface area contributed by atoms with Crippen LogP contribution in [0.25, 0.3) is 0 Å². The van der Waals surface area contributed by atoms with Crippen LogP contribution in [-0.4, -0.2) is 4.98 Å². The summed E-state index contributed by atoms with van der Waals surface area (Å²) in [5.41, 5.74) is 1.30. The van der Waals surface area contributed by atoms with Crippen LogP contribution >= 0.6 is 0 Å². The molecule has 0 fully saturated rings. The number of aromatic nitrogens is 1. The number of nitrogens with one attached hydrogen (secondary N) is 2. The van der Waals surface area contributed by atoms with Crippen LogP contribution in [0.3, 0.4) is 0 Å². The second kappa shape index (κ2) is 5.29. The summed E-state index contributed by atoms with van der Waals surface area (Å²) >= 11 is 0. The van der Waals surface area contributed by atoms with Crippen molar-refractivity contribution in [1.29, 1.82) is 0 Å². The predicted octanol–water partition coefficient (Wildman–Crippen LogP) is 2.81. The standard InChI is InChI=1S/C11H7F5N4/c12-4-1-6(14)9(3-5(4)13)18-10-7(15)2-8(16)11(19-10)20-17/h1-3H,17H2,(H2,18,19,20). The van der Waals surface area contributed by atoms with Gasteiger partial charge in [0.05, 0.1) is 5.69 Å². The Labute approximate surface area is 109 Å². The first-order valence-electron chi connectivity index (χ1n) is 5.16. The average molecular weight is 290 g/mol. The molecule has 0 amide bonds. The molecule has 1 aromatic heterocycles. The molecule has 1 heterocycles. The fourth-order valence-corrected chi connectivity index (χ4v) is 1.40. The predicted molar refractivity (Wildman–Crippen MR) is 61.6 cm³/mol. The third kappa shape index (κ3) is 2.62. The molecule has 1 aromatic carbocycles. The van der Waals surface area contributed by atoms with Crippen LogP contribution < -0.4 is 16.6 Å². The normalized spacial score (nSPS) is 10.5. The van der Waals surface area contributed by atoms with Crippen LogP contribution in [0.5, 0.6) is 0 Å². The van der Waals surface area contributed by atoms with Gasteiger partial charge in [-0.3, -0.25) is 0 Å². The monoisotopic (exact) mass is 290 g/mol. The number of hydrazine groups is 1. The van der Waals surface area contributed by atoms with Crippen molar-refractivity contribution in [3.63, 3.8) is 0 Å². The largest absolute Gasteiger partial charge is 0.335 e. The van der Waals surface area contributed by atoms with Crippen molar-refractivity contribution < 1.29 is 22.0 Å². The van der Waals surface area contributed by atoms with Gasteiger partial charge in [-0.15, -0.1) is 0 Å². The summed E-state index contributed by atoms with van der Waals surface area (Å²) < 4.78 is 65.6. The summed E-state index contributed by atoms with van der Waals surface area (Å²) in [6, 6.07) is 1.20. The van der Waals surface area contributed by atoms with Crippen LogP contribution in [0.4, 0.5) is 39.3 Å². The third-order valence-electron chi connectivity index (χ3n) is 2.33. The fraction of sp³-hybridized carbons (Fsp3) is 0. The minimum atomic E-state index is -1.40. The molecule has 0 unspecified atom stereocenters. The maximum atomic E-state index is 13.4. The minimum absolute atomic E-state index is 0.279. The van der Waals surface area contributed by atoms with Gasteiger partial charge in [-0.2, -0.15) is 0 Å². The smallest absolute Gasteiger partial charge is 0.178 e. The van der Waals surface area contributed by atoms with Crippen LogP contribution in [0.15, 0.2) is 18.2 Å². The van der Waals surface area contributed by atoms with E-state index in [-0.39, 0.29) is 6.07 Å². The molecule has 2 aromatic rings. The Morgan fingerprint density at radius 3 is 1.95 bits per heavy atom. The summed E-state index contributed by atoms with van der Waals surface area (Å²) in [5, 5.41) is 2.08. The van der Waals surface area contributed by atoms with Gasteiger partial charge in [0.2, 0.25) is 0 Å². The summed E-state index contributed by atoms with van der Waals surface area (Å²) in [5.74, 6) is -2.30. The molecule has 9 heteroatoms. The van der Waals surface area contributed by atoms with Crippen molar-refractivity contribution in [3.05, 3.63) is 47.3 Å². The van der Waals surface area contributed by atoms with Gasteiger partial charge in [0.15, 0.2) is 34.9 Å². The Balaban J connectivity index is 2.42. The molecular formula is C11H7F5N4. The summed E-state index contributed by atoms with van der Waals surface area (Å²) in [4.78, 5) is 3.40. The first-order chi connectivity index (χ1) is 9.42. The summed E-state index contributed by atoms with van der Waals surface area (Å²) in [6.45, 7) is 0. The van der Waals surface area contributed by atoms with E-state index in [0.717, 1.165) is 0 Å². The van der Waals surface area contributed by atoms with Crippen molar-refractivity contribution in [1.82, 2.24) is 4.98 Å². The van der Waals surface area contributed by atoms with Crippen molar-refractivity contribution in [2.45, 2.75) is 0 Å². The van der Waals surface area contributed by atoms with Gasteiger partial charge in [-0.1, -0.05) is 0 Å². The summed E-state index contributed by atoms with van der Waals surface area (Å²) in [7, 11) is 0. The third-order valence-corrected chi connectivity index (χ3v) is 2.33. The van der Waals surface area contributed by atoms with Gasteiger partial charge in [0.1, 0.15) is 5.82 Å². The molecule has 20 heavy (non-hydrogen) atoms. The lowest BCUT2D eigenvalue weighted by Crippen LogP contribution is -2.12. The Morgan fingerprint density at radius 2 is 1.30 bits per heavy atom. The van der Waals surface area contributed by atoms with E-state index in [1.807, 2.05) is 5.43 Å². The van der Waals surface area contributed by atoms with Gasteiger partial charge in [-0.25, -0.2) is 32.8 Å². The van der Waals surface area contributed by atoms with Crippen LogP contribution in [0.1, 0.15) is 0 Å². The summed E-state index contributed by atoms with van der Waals surface area (Å²) in [6.07, 6.45) is 0. The zero-order chi connectivity index (χ0) is 14.9. The van der Waals surface area contributed by atoms with E-state index in [0.29, 0.717) is 12.1 Å². The average Bonchev–Trinajstić information content (AvgIpc) is 2.38. The number of hydrogen-bond donors (Lipinski definition) is 3. The van der Waals surface area contributed by atoms with Crippen LogP contribution in [-0.2, 0) is 0 Å². The topological polar surface area (TPSA) is 63.0 Å². The van der Waals surface area contributed by atoms with E-state index in [4.69, 9.17) is 5.84 Å². The molecule has 0 aliphatic rings. The highest BCUT2D eigenvalue weighted by Crippen LogP contribution is 2.25. The second-order valence-electron chi connectivity index (χ2n) is 3.66. The number of nitrogen functional groups attached to an aromatic ring is 1. The molecule has 0 saturated carbocycles. The minimum Gasteiger partial charge on any atom is -0.335 e. The van der Waals surface area contributed by atoms with Gasteiger partial charge in [0, 0.05) is 18.2 Å². The van der Waals surface area contributed by atoms with Crippen LogP contribution in [0, 0.1) is 29.1 Å². The molecule has 0 aliphatic carbocycles. The number of rotatable bonds is 3. The fourth-order valence-electron chi connectivity index (χ4n) is 1.40. The van der Waals surface area contributed by atoms with E-state index >= 15 is 0 Å².